The first kappa shape index (κ1) is 18.8. The highest BCUT2D eigenvalue weighted by Crippen LogP contribution is 2.55. The zero-order valence-corrected chi connectivity index (χ0v) is 18.2. The normalized spacial score (nSPS) is 24.9. The Balaban J connectivity index is 1.29. The summed E-state index contributed by atoms with van der Waals surface area (Å²) in [5.41, 5.74) is 2.53. The monoisotopic (exact) mass is 411 g/mol. The third-order valence-electron chi connectivity index (χ3n) is 6.82. The van der Waals surface area contributed by atoms with Crippen molar-refractivity contribution in [1.29, 1.82) is 0 Å². The average Bonchev–Trinajstić information content (AvgIpc) is 3.39. The molecule has 0 aromatic carbocycles. The fourth-order valence-electron chi connectivity index (χ4n) is 5.25. The molecule has 3 atom stereocenters. The van der Waals surface area contributed by atoms with Gasteiger partial charge >= 0.3 is 0 Å². The van der Waals surface area contributed by atoms with Crippen LogP contribution >= 0.6 is 11.5 Å². The van der Waals surface area contributed by atoms with Crippen LogP contribution in [0.4, 0.5) is 11.1 Å². The zero-order valence-electron chi connectivity index (χ0n) is 17.4. The van der Waals surface area contributed by atoms with Crippen LogP contribution < -0.4 is 10.2 Å². The van der Waals surface area contributed by atoms with Crippen molar-refractivity contribution in [3.05, 3.63) is 29.7 Å². The van der Waals surface area contributed by atoms with E-state index in [-0.39, 0.29) is 0 Å². The van der Waals surface area contributed by atoms with Crippen LogP contribution in [0.1, 0.15) is 51.0 Å². The van der Waals surface area contributed by atoms with Crippen molar-refractivity contribution < 1.29 is 0 Å². The summed E-state index contributed by atoms with van der Waals surface area (Å²) in [6.07, 6.45) is 5.93. The number of nitrogens with zero attached hydrogens (tertiary/aromatic N) is 6. The summed E-state index contributed by atoms with van der Waals surface area (Å²) in [5, 5.41) is 9.47. The summed E-state index contributed by atoms with van der Waals surface area (Å²) in [6.45, 7) is 8.64. The minimum Gasteiger partial charge on any atom is -0.350 e. The first-order chi connectivity index (χ1) is 14.1. The van der Waals surface area contributed by atoms with E-state index in [1.165, 1.54) is 36.5 Å². The second-order valence-corrected chi connectivity index (χ2v) is 9.44. The van der Waals surface area contributed by atoms with Crippen molar-refractivity contribution in [1.82, 2.24) is 24.0 Å². The molecule has 2 unspecified atom stereocenters. The maximum absolute atomic E-state index is 4.76. The fraction of sp³-hybridized carbons (Fsp3) is 0.619. The van der Waals surface area contributed by atoms with Gasteiger partial charge in [-0.25, -0.2) is 9.50 Å². The Labute approximate surface area is 175 Å². The third-order valence-corrected chi connectivity index (χ3v) is 7.69. The van der Waals surface area contributed by atoms with E-state index in [1.807, 2.05) is 17.5 Å². The molecule has 1 N–H and O–H groups in total. The van der Waals surface area contributed by atoms with Crippen molar-refractivity contribution in [2.45, 2.75) is 58.9 Å². The van der Waals surface area contributed by atoms with Crippen molar-refractivity contribution in [2.75, 3.05) is 23.3 Å². The number of aromatic nitrogens is 5. The Morgan fingerprint density at radius 2 is 2.21 bits per heavy atom. The van der Waals surface area contributed by atoms with Gasteiger partial charge in [-0.1, -0.05) is 19.4 Å². The van der Waals surface area contributed by atoms with Crippen LogP contribution in [0.2, 0.25) is 0 Å². The predicted molar refractivity (Wildman–Crippen MR) is 117 cm³/mol. The lowest BCUT2D eigenvalue weighted by molar-refractivity contribution is 0.0422. The molecule has 5 rings (SSSR count). The lowest BCUT2D eigenvalue weighted by Crippen LogP contribution is -2.49. The fourth-order valence-corrected chi connectivity index (χ4v) is 5.95. The number of aryl methyl sites for hydroxylation is 2. The molecule has 154 valence electrons. The second-order valence-electron chi connectivity index (χ2n) is 8.71. The molecule has 1 saturated carbocycles. The number of hydrogen-bond acceptors (Lipinski definition) is 7. The smallest absolute Gasteiger partial charge is 0.243 e. The number of anilines is 2. The average molecular weight is 412 g/mol. The summed E-state index contributed by atoms with van der Waals surface area (Å²) >= 11 is 1.53. The van der Waals surface area contributed by atoms with Gasteiger partial charge < -0.3 is 10.2 Å². The van der Waals surface area contributed by atoms with Crippen molar-refractivity contribution in [2.24, 2.45) is 11.3 Å². The summed E-state index contributed by atoms with van der Waals surface area (Å²) < 4.78 is 6.35. The minimum atomic E-state index is 0.354. The summed E-state index contributed by atoms with van der Waals surface area (Å²) in [5.74, 6) is 2.27. The van der Waals surface area contributed by atoms with Gasteiger partial charge in [-0.2, -0.15) is 9.36 Å². The Morgan fingerprint density at radius 1 is 1.31 bits per heavy atom. The molecule has 3 aromatic rings. The van der Waals surface area contributed by atoms with E-state index >= 15 is 0 Å². The van der Waals surface area contributed by atoms with Gasteiger partial charge in [-0.05, 0) is 63.0 Å². The van der Waals surface area contributed by atoms with Crippen LogP contribution in [-0.4, -0.2) is 43.1 Å². The minimum absolute atomic E-state index is 0.354. The molecule has 1 saturated heterocycles. The number of rotatable bonds is 6. The Kier molecular flexibility index (Phi) is 4.69. The summed E-state index contributed by atoms with van der Waals surface area (Å²) in [4.78, 5) is 11.8. The molecule has 0 amide bonds. The molecule has 1 aliphatic carbocycles. The van der Waals surface area contributed by atoms with Gasteiger partial charge in [0, 0.05) is 36.4 Å². The predicted octanol–water partition coefficient (Wildman–Crippen LogP) is 3.95. The standard InChI is InChI=1S/C21H29N7S/c1-4-6-16-7-5-8-18-24-19(25-28(16)18)22-14(2)17-9-10-21(17)11-12-27(13-21)20-23-15(3)26-29-20/h5,7-8,14,17H,4,6,9-13H2,1-3H3,(H,22,25)/t14?,17-,21?/m1/s1. The summed E-state index contributed by atoms with van der Waals surface area (Å²) in [6, 6.07) is 6.60. The van der Waals surface area contributed by atoms with Crippen molar-refractivity contribution in [3.8, 4) is 0 Å². The van der Waals surface area contributed by atoms with Gasteiger partial charge in [-0.15, -0.1) is 5.10 Å². The van der Waals surface area contributed by atoms with E-state index in [0.29, 0.717) is 17.4 Å². The molecule has 29 heavy (non-hydrogen) atoms. The molecule has 7 nitrogen and oxygen atoms in total. The SMILES string of the molecule is CCCc1cccc2nc(NC(C)[C@H]3CCC34CCN(c3nc(C)ns3)C4)nn12. The molecule has 3 aromatic heterocycles. The molecular weight excluding hydrogens is 382 g/mol. The largest absolute Gasteiger partial charge is 0.350 e. The van der Waals surface area contributed by atoms with Crippen LogP contribution in [0.25, 0.3) is 5.65 Å². The molecule has 1 aliphatic heterocycles. The summed E-state index contributed by atoms with van der Waals surface area (Å²) in [7, 11) is 0. The molecule has 0 bridgehead atoms. The van der Waals surface area contributed by atoms with Gasteiger partial charge in [-0.3, -0.25) is 0 Å². The zero-order chi connectivity index (χ0) is 20.0. The maximum Gasteiger partial charge on any atom is 0.243 e. The van der Waals surface area contributed by atoms with Crippen LogP contribution in [0.5, 0.6) is 0 Å². The third kappa shape index (κ3) is 3.27. The maximum atomic E-state index is 4.76. The quantitative estimate of drug-likeness (QED) is 0.662. The van der Waals surface area contributed by atoms with Crippen LogP contribution in [0.15, 0.2) is 18.2 Å². The molecular formula is C21H29N7S. The second kappa shape index (κ2) is 7.23. The first-order valence-corrected chi connectivity index (χ1v) is 11.5. The number of hydrogen-bond donors (Lipinski definition) is 1. The van der Waals surface area contributed by atoms with E-state index in [0.717, 1.165) is 48.5 Å². The van der Waals surface area contributed by atoms with E-state index in [9.17, 15) is 0 Å². The molecule has 8 heteroatoms. The lowest BCUT2D eigenvalue weighted by atomic mass is 9.57. The number of nitrogens with one attached hydrogen (secondary N) is 1. The molecule has 0 radical (unpaired) electrons. The van der Waals surface area contributed by atoms with Gasteiger partial charge in [0.25, 0.3) is 0 Å². The number of fused-ring (bicyclic) bond motifs is 1. The van der Waals surface area contributed by atoms with Crippen LogP contribution in [0, 0.1) is 18.3 Å². The van der Waals surface area contributed by atoms with E-state index in [4.69, 9.17) is 10.1 Å². The lowest BCUT2D eigenvalue weighted by Gasteiger charge is -2.50. The highest BCUT2D eigenvalue weighted by molar-refractivity contribution is 7.09. The Hall–Kier alpha value is -2.22. The van der Waals surface area contributed by atoms with Crippen LogP contribution in [0.3, 0.4) is 0 Å². The Bertz CT molecular complexity index is 1010. The van der Waals surface area contributed by atoms with Gasteiger partial charge in [0.15, 0.2) is 5.65 Å². The van der Waals surface area contributed by atoms with Gasteiger partial charge in [0.05, 0.1) is 0 Å². The Morgan fingerprint density at radius 3 is 2.93 bits per heavy atom. The molecule has 2 aliphatic rings. The first-order valence-electron chi connectivity index (χ1n) is 10.7. The topological polar surface area (TPSA) is 71.2 Å². The molecule has 1 spiro atoms. The highest BCUT2D eigenvalue weighted by Gasteiger charge is 2.53. The van der Waals surface area contributed by atoms with E-state index < -0.39 is 0 Å². The van der Waals surface area contributed by atoms with E-state index in [1.54, 1.807) is 0 Å². The number of pyridine rings is 1. The van der Waals surface area contributed by atoms with Gasteiger partial charge in [0.1, 0.15) is 5.82 Å². The van der Waals surface area contributed by atoms with Gasteiger partial charge in [0.2, 0.25) is 11.1 Å². The van der Waals surface area contributed by atoms with Crippen molar-refractivity contribution >= 4 is 28.3 Å². The van der Waals surface area contributed by atoms with E-state index in [2.05, 4.69) is 45.6 Å². The van der Waals surface area contributed by atoms with Crippen molar-refractivity contribution in [3.63, 3.8) is 0 Å². The highest BCUT2D eigenvalue weighted by atomic mass is 32.1. The molecule has 4 heterocycles. The molecule has 2 fully saturated rings. The van der Waals surface area contributed by atoms with Crippen LogP contribution in [-0.2, 0) is 6.42 Å².